The third-order valence-corrected chi connectivity index (χ3v) is 5.76. The van der Waals surface area contributed by atoms with Crippen molar-refractivity contribution < 1.29 is 14.3 Å². The van der Waals surface area contributed by atoms with Gasteiger partial charge in [-0.2, -0.15) is 0 Å². The number of carbonyl (C=O) groups excluding carboxylic acids is 1. The molecule has 0 aliphatic heterocycles. The number of thiazole rings is 1. The maximum Gasteiger partial charge on any atom is 0.226 e. The molecule has 2 heterocycles. The van der Waals surface area contributed by atoms with Gasteiger partial charge in [0.05, 0.1) is 19.9 Å². The van der Waals surface area contributed by atoms with Gasteiger partial charge in [-0.1, -0.05) is 12.1 Å². The largest absolute Gasteiger partial charge is 0.493 e. The molecule has 0 fully saturated rings. The number of rotatable bonds is 9. The van der Waals surface area contributed by atoms with Gasteiger partial charge >= 0.3 is 0 Å². The predicted molar refractivity (Wildman–Crippen MR) is 122 cm³/mol. The van der Waals surface area contributed by atoms with Crippen molar-refractivity contribution in [3.8, 4) is 22.8 Å². The zero-order valence-corrected chi connectivity index (χ0v) is 18.6. The summed E-state index contributed by atoms with van der Waals surface area (Å²) in [5.74, 6) is 1.27. The second-order valence-electron chi connectivity index (χ2n) is 6.96. The van der Waals surface area contributed by atoms with Crippen LogP contribution in [-0.2, 0) is 17.8 Å². The average molecular weight is 426 g/mol. The Bertz CT molecular complexity index is 1050. The number of nitrogens with zero attached hydrogens (tertiary/aromatic N) is 2. The van der Waals surface area contributed by atoms with Crippen LogP contribution in [0.1, 0.15) is 23.4 Å². The summed E-state index contributed by atoms with van der Waals surface area (Å²) < 4.78 is 12.8. The maximum absolute atomic E-state index is 12.4. The quantitative estimate of drug-likeness (QED) is 0.490. The number of amides is 1. The number of carbonyl (C=O) groups is 1. The van der Waals surface area contributed by atoms with E-state index in [0.717, 1.165) is 34.8 Å². The first-order chi connectivity index (χ1) is 14.5. The van der Waals surface area contributed by atoms with E-state index in [0.29, 0.717) is 29.5 Å². The van der Waals surface area contributed by atoms with Gasteiger partial charge < -0.3 is 19.4 Å². The lowest BCUT2D eigenvalue weighted by Gasteiger charge is -2.09. The van der Waals surface area contributed by atoms with E-state index in [1.807, 2.05) is 29.7 Å². The van der Waals surface area contributed by atoms with Gasteiger partial charge in [0, 0.05) is 35.3 Å². The summed E-state index contributed by atoms with van der Waals surface area (Å²) in [5, 5.41) is 5.49. The summed E-state index contributed by atoms with van der Waals surface area (Å²) in [7, 11) is 3.20. The molecule has 0 saturated heterocycles. The Morgan fingerprint density at radius 1 is 1.23 bits per heavy atom. The molecule has 3 rings (SSSR count). The number of allylic oxidation sites excluding steroid dienone is 1. The van der Waals surface area contributed by atoms with Crippen LogP contribution >= 0.6 is 11.3 Å². The van der Waals surface area contributed by atoms with Gasteiger partial charge in [-0.25, -0.2) is 4.98 Å². The molecule has 30 heavy (non-hydrogen) atoms. The van der Waals surface area contributed by atoms with Crippen LogP contribution in [0.2, 0.25) is 0 Å². The minimum Gasteiger partial charge on any atom is -0.493 e. The van der Waals surface area contributed by atoms with E-state index in [1.54, 1.807) is 14.2 Å². The number of aryl methyl sites for hydroxylation is 2. The molecule has 7 heteroatoms. The monoisotopic (exact) mass is 425 g/mol. The molecular formula is C23H27N3O3S. The molecule has 3 aromatic rings. The Hall–Kier alpha value is -3.06. The van der Waals surface area contributed by atoms with Crippen molar-refractivity contribution >= 4 is 22.4 Å². The average Bonchev–Trinajstić information content (AvgIpc) is 3.31. The molecule has 6 nitrogen and oxygen atoms in total. The molecule has 1 N–H and O–H groups in total. The summed E-state index contributed by atoms with van der Waals surface area (Å²) in [4.78, 5) is 17.0. The van der Waals surface area contributed by atoms with Gasteiger partial charge in [0.1, 0.15) is 0 Å². The minimum atomic E-state index is -0.0668. The Labute approximate surface area is 181 Å². The Morgan fingerprint density at radius 2 is 2.00 bits per heavy atom. The third-order valence-electron chi connectivity index (χ3n) is 5.00. The molecule has 1 amide bonds. The Balaban J connectivity index is 1.63. The van der Waals surface area contributed by atoms with E-state index in [9.17, 15) is 4.79 Å². The van der Waals surface area contributed by atoms with Gasteiger partial charge in [0.25, 0.3) is 0 Å². The third kappa shape index (κ3) is 4.74. The SMILES string of the molecule is C=CCn1c(C)cc(-c2csc(NC(=O)CCc3ccc(OC)c(OC)c3)n2)c1C. The number of hydrogen-bond acceptors (Lipinski definition) is 5. The van der Waals surface area contributed by atoms with Gasteiger partial charge in [0.2, 0.25) is 5.91 Å². The standard InChI is InChI=1S/C23H27N3O3S/c1-6-11-26-15(2)12-18(16(26)3)19-14-30-23(24-19)25-22(27)10-8-17-7-9-20(28-4)21(13-17)29-5/h6-7,9,12-14H,1,8,10-11H2,2-5H3,(H,24,25,27). The molecular weight excluding hydrogens is 398 g/mol. The highest BCUT2D eigenvalue weighted by atomic mass is 32.1. The molecule has 0 aliphatic rings. The van der Waals surface area contributed by atoms with Crippen molar-refractivity contribution in [2.45, 2.75) is 33.2 Å². The van der Waals surface area contributed by atoms with Crippen molar-refractivity contribution in [1.82, 2.24) is 9.55 Å². The van der Waals surface area contributed by atoms with E-state index in [2.05, 4.69) is 41.4 Å². The van der Waals surface area contributed by atoms with Crippen molar-refractivity contribution in [3.05, 3.63) is 59.3 Å². The first-order valence-electron chi connectivity index (χ1n) is 9.71. The van der Waals surface area contributed by atoms with Crippen molar-refractivity contribution in [1.29, 1.82) is 0 Å². The number of hydrogen-bond donors (Lipinski definition) is 1. The number of ether oxygens (including phenoxy) is 2. The number of aromatic nitrogens is 2. The van der Waals surface area contributed by atoms with Crippen molar-refractivity contribution in [3.63, 3.8) is 0 Å². The second-order valence-corrected chi connectivity index (χ2v) is 7.82. The maximum atomic E-state index is 12.4. The lowest BCUT2D eigenvalue weighted by Crippen LogP contribution is -2.12. The Kier molecular flexibility index (Phi) is 6.95. The number of anilines is 1. The highest BCUT2D eigenvalue weighted by molar-refractivity contribution is 7.14. The lowest BCUT2D eigenvalue weighted by molar-refractivity contribution is -0.116. The lowest BCUT2D eigenvalue weighted by atomic mass is 10.1. The van der Waals surface area contributed by atoms with Crippen LogP contribution < -0.4 is 14.8 Å². The van der Waals surface area contributed by atoms with Crippen LogP contribution in [0.3, 0.4) is 0 Å². The van der Waals surface area contributed by atoms with Gasteiger partial charge in [-0.15, -0.1) is 17.9 Å². The van der Waals surface area contributed by atoms with Crippen LogP contribution in [0.15, 0.2) is 42.3 Å². The number of nitrogens with one attached hydrogen (secondary N) is 1. The second kappa shape index (κ2) is 9.63. The van der Waals surface area contributed by atoms with Gasteiger partial charge in [0.15, 0.2) is 16.6 Å². The topological polar surface area (TPSA) is 65.4 Å². The fourth-order valence-electron chi connectivity index (χ4n) is 3.40. The highest BCUT2D eigenvalue weighted by Gasteiger charge is 2.14. The fraction of sp³-hybridized carbons (Fsp3) is 0.304. The Morgan fingerprint density at radius 3 is 2.70 bits per heavy atom. The van der Waals surface area contributed by atoms with Crippen molar-refractivity contribution in [2.24, 2.45) is 0 Å². The molecule has 0 atom stereocenters. The first kappa shape index (κ1) is 21.6. The van der Waals surface area contributed by atoms with E-state index in [4.69, 9.17) is 9.47 Å². The molecule has 1 aromatic carbocycles. The summed E-state index contributed by atoms with van der Waals surface area (Å²) in [6.45, 7) is 8.73. The first-order valence-corrected chi connectivity index (χ1v) is 10.6. The molecule has 158 valence electrons. The normalized spacial score (nSPS) is 10.7. The van der Waals surface area contributed by atoms with Crippen molar-refractivity contribution in [2.75, 3.05) is 19.5 Å². The molecule has 0 saturated carbocycles. The molecule has 0 radical (unpaired) electrons. The van der Waals surface area contributed by atoms with E-state index in [-0.39, 0.29) is 5.91 Å². The zero-order chi connectivity index (χ0) is 21.7. The smallest absolute Gasteiger partial charge is 0.226 e. The van der Waals surface area contributed by atoms with Gasteiger partial charge in [-0.3, -0.25) is 4.79 Å². The van der Waals surface area contributed by atoms with Gasteiger partial charge in [-0.05, 0) is 44.0 Å². The summed E-state index contributed by atoms with van der Waals surface area (Å²) >= 11 is 1.43. The molecule has 0 spiro atoms. The van der Waals surface area contributed by atoms with Crippen LogP contribution in [0.4, 0.5) is 5.13 Å². The number of benzene rings is 1. The molecule has 0 bridgehead atoms. The van der Waals surface area contributed by atoms with E-state index in [1.165, 1.54) is 11.3 Å². The van der Waals surface area contributed by atoms with Crippen LogP contribution in [0, 0.1) is 13.8 Å². The predicted octanol–water partition coefficient (Wildman–Crippen LogP) is 5.00. The van der Waals surface area contributed by atoms with E-state index >= 15 is 0 Å². The summed E-state index contributed by atoms with van der Waals surface area (Å²) in [6.07, 6.45) is 2.85. The summed E-state index contributed by atoms with van der Waals surface area (Å²) in [6, 6.07) is 7.81. The highest BCUT2D eigenvalue weighted by Crippen LogP contribution is 2.30. The minimum absolute atomic E-state index is 0.0668. The van der Waals surface area contributed by atoms with Crippen LogP contribution in [0.5, 0.6) is 11.5 Å². The van der Waals surface area contributed by atoms with E-state index < -0.39 is 0 Å². The van der Waals surface area contributed by atoms with Crippen LogP contribution in [0.25, 0.3) is 11.3 Å². The zero-order valence-electron chi connectivity index (χ0n) is 17.8. The fourth-order valence-corrected chi connectivity index (χ4v) is 4.13. The molecule has 2 aromatic heterocycles. The molecule has 0 aliphatic carbocycles. The van der Waals surface area contributed by atoms with Crippen LogP contribution in [-0.4, -0.2) is 29.7 Å². The summed E-state index contributed by atoms with van der Waals surface area (Å²) in [5.41, 5.74) is 5.27. The molecule has 0 unspecified atom stereocenters. The number of methoxy groups -OCH3 is 2.